The number of aromatic nitrogens is 2. The summed E-state index contributed by atoms with van der Waals surface area (Å²) in [6.07, 6.45) is 2.70. The van der Waals surface area contributed by atoms with E-state index in [1.807, 2.05) is 11.6 Å². The van der Waals surface area contributed by atoms with E-state index >= 15 is 0 Å². The Kier molecular flexibility index (Phi) is 6.49. The average Bonchev–Trinajstić information content (AvgIpc) is 2.87. The predicted molar refractivity (Wildman–Crippen MR) is 81.2 cm³/mol. The van der Waals surface area contributed by atoms with Gasteiger partial charge in [-0.3, -0.25) is 4.68 Å². The smallest absolute Gasteiger partial charge is 0.161 e. The van der Waals surface area contributed by atoms with Gasteiger partial charge in [0.2, 0.25) is 0 Å². The highest BCUT2D eigenvalue weighted by atomic mass is 16.5. The molecular weight excluding hydrogens is 254 g/mol. The molecule has 2 atom stereocenters. The van der Waals surface area contributed by atoms with Crippen molar-refractivity contribution in [3.63, 3.8) is 0 Å². The zero-order valence-corrected chi connectivity index (χ0v) is 13.7. The molecule has 5 heteroatoms. The molecule has 0 amide bonds. The standard InChI is InChI=1S/C15H29N3O2/c1-7-15(5,20-10-4)14(16-8-2)13-12(19-6)11-17-18(13)9-3/h11,14,16H,7-10H2,1-6H3. The molecule has 116 valence electrons. The van der Waals surface area contributed by atoms with Crippen molar-refractivity contribution >= 4 is 0 Å². The van der Waals surface area contributed by atoms with Crippen molar-refractivity contribution in [2.24, 2.45) is 0 Å². The van der Waals surface area contributed by atoms with Crippen molar-refractivity contribution in [3.05, 3.63) is 11.9 Å². The highest BCUT2D eigenvalue weighted by Crippen LogP contribution is 2.36. The first-order chi connectivity index (χ1) is 9.57. The minimum Gasteiger partial charge on any atom is -0.493 e. The Morgan fingerprint density at radius 3 is 2.50 bits per heavy atom. The lowest BCUT2D eigenvalue weighted by Gasteiger charge is -2.37. The molecule has 0 radical (unpaired) electrons. The Morgan fingerprint density at radius 1 is 1.35 bits per heavy atom. The van der Waals surface area contributed by atoms with Gasteiger partial charge in [-0.25, -0.2) is 0 Å². The number of nitrogens with one attached hydrogen (secondary N) is 1. The van der Waals surface area contributed by atoms with Crippen molar-refractivity contribution in [1.29, 1.82) is 0 Å². The molecule has 1 rings (SSSR count). The van der Waals surface area contributed by atoms with Crippen molar-refractivity contribution in [3.8, 4) is 5.75 Å². The van der Waals surface area contributed by atoms with Gasteiger partial charge in [0, 0.05) is 13.2 Å². The molecule has 0 saturated carbocycles. The first kappa shape index (κ1) is 17.0. The Hall–Kier alpha value is -1.07. The largest absolute Gasteiger partial charge is 0.493 e. The maximum absolute atomic E-state index is 6.06. The molecule has 0 bridgehead atoms. The molecule has 0 spiro atoms. The summed E-state index contributed by atoms with van der Waals surface area (Å²) in [6, 6.07) is 0.0508. The van der Waals surface area contributed by atoms with E-state index in [2.05, 4.69) is 38.1 Å². The molecule has 5 nitrogen and oxygen atoms in total. The number of ether oxygens (including phenoxy) is 2. The maximum atomic E-state index is 6.06. The summed E-state index contributed by atoms with van der Waals surface area (Å²) in [6.45, 7) is 12.9. The van der Waals surface area contributed by atoms with Crippen LogP contribution >= 0.6 is 0 Å². The van der Waals surface area contributed by atoms with Crippen molar-refractivity contribution < 1.29 is 9.47 Å². The van der Waals surface area contributed by atoms with Crippen LogP contribution in [0.2, 0.25) is 0 Å². The molecule has 1 aromatic heterocycles. The predicted octanol–water partition coefficient (Wildman–Crippen LogP) is 2.77. The van der Waals surface area contributed by atoms with Gasteiger partial charge in [0.1, 0.15) is 5.69 Å². The van der Waals surface area contributed by atoms with Gasteiger partial charge in [0.05, 0.1) is 24.9 Å². The van der Waals surface area contributed by atoms with Crippen molar-refractivity contribution in [1.82, 2.24) is 15.1 Å². The van der Waals surface area contributed by atoms with Gasteiger partial charge in [-0.1, -0.05) is 13.8 Å². The van der Waals surface area contributed by atoms with Crippen molar-refractivity contribution in [2.45, 2.75) is 59.2 Å². The third-order valence-electron chi connectivity index (χ3n) is 3.83. The van der Waals surface area contributed by atoms with Crippen LogP contribution in [-0.4, -0.2) is 35.6 Å². The van der Waals surface area contributed by atoms with Crippen LogP contribution in [0.3, 0.4) is 0 Å². The topological polar surface area (TPSA) is 48.3 Å². The molecule has 0 saturated heterocycles. The van der Waals surface area contributed by atoms with E-state index in [-0.39, 0.29) is 11.6 Å². The fourth-order valence-electron chi connectivity index (χ4n) is 2.60. The Morgan fingerprint density at radius 2 is 2.05 bits per heavy atom. The second kappa shape index (κ2) is 7.64. The van der Waals surface area contributed by atoms with Crippen LogP contribution in [0.1, 0.15) is 52.8 Å². The fraction of sp³-hybridized carbons (Fsp3) is 0.800. The van der Waals surface area contributed by atoms with Crippen LogP contribution in [0.4, 0.5) is 0 Å². The first-order valence-corrected chi connectivity index (χ1v) is 7.54. The number of hydrogen-bond acceptors (Lipinski definition) is 4. The second-order valence-corrected chi connectivity index (χ2v) is 5.00. The molecule has 0 aromatic carbocycles. The van der Waals surface area contributed by atoms with E-state index in [1.165, 1.54) is 0 Å². The monoisotopic (exact) mass is 283 g/mol. The minimum atomic E-state index is -0.287. The summed E-state index contributed by atoms with van der Waals surface area (Å²) in [7, 11) is 1.69. The van der Waals surface area contributed by atoms with E-state index in [1.54, 1.807) is 13.3 Å². The minimum absolute atomic E-state index is 0.0508. The molecule has 20 heavy (non-hydrogen) atoms. The van der Waals surface area contributed by atoms with Gasteiger partial charge in [0.25, 0.3) is 0 Å². The number of methoxy groups -OCH3 is 1. The number of aryl methyl sites for hydroxylation is 1. The van der Waals surface area contributed by atoms with Crippen molar-refractivity contribution in [2.75, 3.05) is 20.3 Å². The van der Waals surface area contributed by atoms with Crippen LogP contribution in [0.25, 0.3) is 0 Å². The molecule has 1 heterocycles. The highest BCUT2D eigenvalue weighted by molar-refractivity contribution is 5.30. The highest BCUT2D eigenvalue weighted by Gasteiger charge is 2.38. The molecule has 0 aliphatic rings. The summed E-state index contributed by atoms with van der Waals surface area (Å²) in [5, 5.41) is 7.96. The second-order valence-electron chi connectivity index (χ2n) is 5.00. The Labute approximate surface area is 122 Å². The lowest BCUT2D eigenvalue weighted by molar-refractivity contribution is -0.0583. The van der Waals surface area contributed by atoms with E-state index in [0.717, 1.165) is 31.0 Å². The molecule has 1 aromatic rings. The lowest BCUT2D eigenvalue weighted by atomic mass is 9.90. The van der Waals surface area contributed by atoms with Gasteiger partial charge in [-0.05, 0) is 33.7 Å². The molecule has 0 fully saturated rings. The molecule has 2 unspecified atom stereocenters. The molecular formula is C15H29N3O2. The number of rotatable bonds is 9. The van der Waals surface area contributed by atoms with Crippen LogP contribution < -0.4 is 10.1 Å². The molecule has 1 N–H and O–H groups in total. The third-order valence-corrected chi connectivity index (χ3v) is 3.83. The van der Waals surface area contributed by atoms with Gasteiger partial charge in [-0.2, -0.15) is 5.10 Å². The lowest BCUT2D eigenvalue weighted by Crippen LogP contribution is -2.44. The van der Waals surface area contributed by atoms with Crippen LogP contribution in [0.5, 0.6) is 5.75 Å². The number of hydrogen-bond donors (Lipinski definition) is 1. The Bertz CT molecular complexity index is 384. The summed E-state index contributed by atoms with van der Waals surface area (Å²) in [5.74, 6) is 0.817. The van der Waals surface area contributed by atoms with E-state index < -0.39 is 0 Å². The quantitative estimate of drug-likeness (QED) is 0.757. The maximum Gasteiger partial charge on any atom is 0.161 e. The first-order valence-electron chi connectivity index (χ1n) is 7.54. The van der Waals surface area contributed by atoms with Crippen LogP contribution in [0, 0.1) is 0 Å². The van der Waals surface area contributed by atoms with E-state index in [4.69, 9.17) is 9.47 Å². The fourth-order valence-corrected chi connectivity index (χ4v) is 2.60. The van der Waals surface area contributed by atoms with E-state index in [9.17, 15) is 0 Å². The summed E-state index contributed by atoms with van der Waals surface area (Å²) < 4.78 is 13.5. The van der Waals surface area contributed by atoms with E-state index in [0.29, 0.717) is 6.61 Å². The van der Waals surface area contributed by atoms with Gasteiger partial charge < -0.3 is 14.8 Å². The number of likely N-dealkylation sites (N-methyl/N-ethyl adjacent to an activating group) is 1. The summed E-state index contributed by atoms with van der Waals surface area (Å²) in [4.78, 5) is 0. The summed E-state index contributed by atoms with van der Waals surface area (Å²) >= 11 is 0. The zero-order chi connectivity index (χ0) is 15.2. The Balaban J connectivity index is 3.28. The zero-order valence-electron chi connectivity index (χ0n) is 13.7. The normalized spacial score (nSPS) is 15.9. The molecule has 0 aliphatic carbocycles. The molecule has 0 aliphatic heterocycles. The summed E-state index contributed by atoms with van der Waals surface area (Å²) in [5.41, 5.74) is 0.778. The van der Waals surface area contributed by atoms with Gasteiger partial charge in [-0.15, -0.1) is 0 Å². The van der Waals surface area contributed by atoms with Crippen LogP contribution in [0.15, 0.2) is 6.20 Å². The van der Waals surface area contributed by atoms with Crippen LogP contribution in [-0.2, 0) is 11.3 Å². The van der Waals surface area contributed by atoms with Gasteiger partial charge in [0.15, 0.2) is 5.75 Å². The SMILES string of the molecule is CCNC(c1c(OC)cnn1CC)C(C)(CC)OCC. The average molecular weight is 283 g/mol. The third kappa shape index (κ3) is 3.33. The number of nitrogens with zero attached hydrogens (tertiary/aromatic N) is 2. The van der Waals surface area contributed by atoms with Gasteiger partial charge >= 0.3 is 0 Å².